The van der Waals surface area contributed by atoms with Gasteiger partial charge in [-0.05, 0) is 110 Å². The molecule has 0 aromatic carbocycles. The average molecular weight is 506 g/mol. The lowest BCUT2D eigenvalue weighted by Gasteiger charge is -2.62. The second kappa shape index (κ2) is 10.6. The van der Waals surface area contributed by atoms with Crippen molar-refractivity contribution in [1.82, 2.24) is 5.32 Å². The first-order valence-electron chi connectivity index (χ1n) is 14.8. The molecule has 0 heterocycles. The minimum absolute atomic E-state index is 0.104. The summed E-state index contributed by atoms with van der Waals surface area (Å²) in [7, 11) is 0. The van der Waals surface area contributed by atoms with Gasteiger partial charge in [-0.25, -0.2) is 4.79 Å². The van der Waals surface area contributed by atoms with E-state index in [1.807, 2.05) is 13.8 Å². The number of fused-ring (bicyclic) bond motifs is 5. The molecule has 36 heavy (non-hydrogen) atoms. The highest BCUT2D eigenvalue weighted by Gasteiger charge is 2.63. The molecule has 4 fully saturated rings. The molecule has 0 saturated heterocycles. The Morgan fingerprint density at radius 2 is 1.72 bits per heavy atom. The third-order valence-corrected chi connectivity index (χ3v) is 12.1. The van der Waals surface area contributed by atoms with Crippen molar-refractivity contribution in [2.75, 3.05) is 0 Å². The van der Waals surface area contributed by atoms with Gasteiger partial charge in [-0.15, -0.1) is 0 Å². The third kappa shape index (κ3) is 4.74. The van der Waals surface area contributed by atoms with Crippen LogP contribution in [-0.4, -0.2) is 45.4 Å². The first kappa shape index (κ1) is 27.9. The summed E-state index contributed by atoms with van der Waals surface area (Å²) < 4.78 is 0. The first-order valence-corrected chi connectivity index (χ1v) is 14.8. The zero-order chi connectivity index (χ0) is 26.4. The number of aliphatic hydroxyl groups excluding tert-OH is 2. The lowest BCUT2D eigenvalue weighted by Crippen LogP contribution is -2.58. The van der Waals surface area contributed by atoms with Gasteiger partial charge in [-0.1, -0.05) is 41.0 Å². The number of hydrogen-bond acceptors (Lipinski definition) is 4. The van der Waals surface area contributed by atoms with E-state index < -0.39 is 12.0 Å². The van der Waals surface area contributed by atoms with E-state index in [1.54, 1.807) is 0 Å². The number of aliphatic hydroxyl groups is 2. The van der Waals surface area contributed by atoms with Crippen LogP contribution >= 0.6 is 0 Å². The van der Waals surface area contributed by atoms with E-state index in [-0.39, 0.29) is 34.9 Å². The summed E-state index contributed by atoms with van der Waals surface area (Å²) in [5, 5.41) is 34.3. The van der Waals surface area contributed by atoms with Gasteiger partial charge in [0, 0.05) is 6.42 Å². The van der Waals surface area contributed by atoms with E-state index in [2.05, 4.69) is 26.1 Å². The van der Waals surface area contributed by atoms with Gasteiger partial charge in [-0.3, -0.25) is 4.79 Å². The molecule has 4 N–H and O–H groups in total. The number of hydrogen-bond donors (Lipinski definition) is 4. The predicted molar refractivity (Wildman–Crippen MR) is 140 cm³/mol. The Hall–Kier alpha value is -1.14. The van der Waals surface area contributed by atoms with Crippen LogP contribution in [-0.2, 0) is 9.59 Å². The topological polar surface area (TPSA) is 107 Å². The summed E-state index contributed by atoms with van der Waals surface area (Å²) in [6.07, 6.45) is 9.78. The number of carbonyl (C=O) groups excluding carboxylic acids is 1. The van der Waals surface area contributed by atoms with Crippen LogP contribution < -0.4 is 5.32 Å². The molecular weight excluding hydrogens is 454 g/mol. The highest BCUT2D eigenvalue weighted by atomic mass is 16.4. The Morgan fingerprint density at radius 1 is 1.00 bits per heavy atom. The molecule has 6 nitrogen and oxygen atoms in total. The zero-order valence-corrected chi connectivity index (χ0v) is 23.2. The van der Waals surface area contributed by atoms with Crippen molar-refractivity contribution in [1.29, 1.82) is 0 Å². The van der Waals surface area contributed by atoms with Gasteiger partial charge in [0.25, 0.3) is 0 Å². The minimum atomic E-state index is -0.965. The maximum Gasteiger partial charge on any atom is 0.326 e. The second-order valence-electron chi connectivity index (χ2n) is 13.7. The van der Waals surface area contributed by atoms with Crippen LogP contribution in [0, 0.1) is 52.3 Å². The van der Waals surface area contributed by atoms with Crippen LogP contribution in [0.5, 0.6) is 0 Å². The molecule has 12 atom stereocenters. The maximum atomic E-state index is 12.7. The van der Waals surface area contributed by atoms with Gasteiger partial charge < -0.3 is 20.6 Å². The monoisotopic (exact) mass is 505 g/mol. The van der Waals surface area contributed by atoms with Crippen molar-refractivity contribution in [2.45, 2.75) is 123 Å². The molecule has 0 aliphatic heterocycles. The van der Waals surface area contributed by atoms with Crippen LogP contribution in [0.3, 0.4) is 0 Å². The summed E-state index contributed by atoms with van der Waals surface area (Å²) in [4.78, 5) is 24.3. The van der Waals surface area contributed by atoms with Crippen molar-refractivity contribution in [3.05, 3.63) is 0 Å². The number of aliphatic carboxylic acids is 1. The van der Waals surface area contributed by atoms with E-state index in [0.717, 1.165) is 44.9 Å². The van der Waals surface area contributed by atoms with Crippen LogP contribution in [0.1, 0.15) is 105 Å². The first-order chi connectivity index (χ1) is 16.9. The molecule has 6 heteroatoms. The minimum Gasteiger partial charge on any atom is -0.480 e. The van der Waals surface area contributed by atoms with Crippen LogP contribution in [0.15, 0.2) is 0 Å². The number of carboxylic acids is 1. The molecule has 4 saturated carbocycles. The van der Waals surface area contributed by atoms with Crippen molar-refractivity contribution in [3.8, 4) is 0 Å². The third-order valence-electron chi connectivity index (χ3n) is 12.1. The van der Waals surface area contributed by atoms with Gasteiger partial charge in [0.05, 0.1) is 12.2 Å². The number of carboxylic acid groups (broad SMARTS) is 1. The fourth-order valence-electron chi connectivity index (χ4n) is 9.65. The Bertz CT molecular complexity index is 817. The van der Waals surface area contributed by atoms with E-state index in [4.69, 9.17) is 0 Å². The highest BCUT2D eigenvalue weighted by Crippen LogP contribution is 2.68. The number of rotatable bonds is 8. The fourth-order valence-corrected chi connectivity index (χ4v) is 9.65. The van der Waals surface area contributed by atoms with E-state index in [1.165, 1.54) is 12.8 Å². The summed E-state index contributed by atoms with van der Waals surface area (Å²) >= 11 is 0. The second-order valence-corrected chi connectivity index (χ2v) is 13.7. The van der Waals surface area contributed by atoms with Crippen LogP contribution in [0.4, 0.5) is 0 Å². The Morgan fingerprint density at radius 3 is 2.39 bits per heavy atom. The quantitative estimate of drug-likeness (QED) is 0.371. The summed E-state index contributed by atoms with van der Waals surface area (Å²) in [6.45, 7) is 10.8. The molecule has 1 amide bonds. The van der Waals surface area contributed by atoms with Gasteiger partial charge >= 0.3 is 5.97 Å². The molecule has 4 aliphatic rings. The number of nitrogens with one attached hydrogen (secondary N) is 1. The lowest BCUT2D eigenvalue weighted by molar-refractivity contribution is -0.175. The summed E-state index contributed by atoms with van der Waals surface area (Å²) in [5.74, 6) is 1.76. The van der Waals surface area contributed by atoms with Crippen molar-refractivity contribution in [3.63, 3.8) is 0 Å². The van der Waals surface area contributed by atoms with Crippen LogP contribution in [0.25, 0.3) is 0 Å². The molecule has 0 aromatic rings. The van der Waals surface area contributed by atoms with Gasteiger partial charge in [0.15, 0.2) is 0 Å². The molecule has 0 spiro atoms. The van der Waals surface area contributed by atoms with E-state index in [0.29, 0.717) is 48.3 Å². The molecule has 206 valence electrons. The average Bonchev–Trinajstić information content (AvgIpc) is 3.20. The van der Waals surface area contributed by atoms with Gasteiger partial charge in [0.2, 0.25) is 5.91 Å². The number of carbonyl (C=O) groups is 2. The molecule has 0 aromatic heterocycles. The SMILES string of the molecule is CCC(C)C(NC(=O)CCC(C)[C@H]1CC[C@H]2[C@@H]3CC[C@@H]4C[C@H](O)CC[C@]4(C)[C@H]3C[C@H](O)[C@]12C)C(=O)O. The van der Waals surface area contributed by atoms with E-state index in [9.17, 15) is 24.9 Å². The van der Waals surface area contributed by atoms with Crippen molar-refractivity contribution in [2.24, 2.45) is 52.3 Å². The smallest absolute Gasteiger partial charge is 0.326 e. The molecule has 4 aliphatic carbocycles. The lowest BCUT2D eigenvalue weighted by atomic mass is 9.43. The fraction of sp³-hybridized carbons (Fsp3) is 0.933. The summed E-state index contributed by atoms with van der Waals surface area (Å²) in [6, 6.07) is -0.833. The Kier molecular flexibility index (Phi) is 8.17. The van der Waals surface area contributed by atoms with Crippen molar-refractivity contribution < 1.29 is 24.9 Å². The Labute approximate surface area is 218 Å². The van der Waals surface area contributed by atoms with Crippen LogP contribution in [0.2, 0.25) is 0 Å². The highest BCUT2D eigenvalue weighted by molar-refractivity contribution is 5.83. The number of amides is 1. The molecule has 0 bridgehead atoms. The molecule has 4 rings (SSSR count). The Balaban J connectivity index is 1.41. The predicted octanol–water partition coefficient (Wildman–Crippen LogP) is 5.01. The van der Waals surface area contributed by atoms with Crippen molar-refractivity contribution >= 4 is 11.9 Å². The summed E-state index contributed by atoms with van der Waals surface area (Å²) in [5.41, 5.74) is 0.122. The molecular formula is C30H51NO5. The van der Waals surface area contributed by atoms with E-state index >= 15 is 0 Å². The normalized spacial score (nSPS) is 44.5. The van der Waals surface area contributed by atoms with Gasteiger partial charge in [-0.2, -0.15) is 0 Å². The molecule has 3 unspecified atom stereocenters. The standard InChI is InChI=1S/C30H51NO5/c1-6-17(2)27(28(35)36)31-26(34)12-7-18(3)22-10-11-23-21-9-8-19-15-20(32)13-14-29(19,4)24(21)16-25(33)30(22,23)5/h17-25,27,32-33H,6-16H2,1-5H3,(H,31,34)(H,35,36)/t17?,18?,19-,20-,21+,22-,23+,24+,25+,27?,29+,30-/m1/s1. The van der Waals surface area contributed by atoms with Gasteiger partial charge in [0.1, 0.15) is 6.04 Å². The largest absolute Gasteiger partial charge is 0.480 e. The maximum absolute atomic E-state index is 12.7. The molecule has 0 radical (unpaired) electrons. The zero-order valence-electron chi connectivity index (χ0n) is 23.2.